The van der Waals surface area contributed by atoms with Gasteiger partial charge in [-0.3, -0.25) is 0 Å². The summed E-state index contributed by atoms with van der Waals surface area (Å²) in [5, 5.41) is 0. The lowest BCUT2D eigenvalue weighted by Gasteiger charge is -2.12. The Balaban J connectivity index is 2.86. The lowest BCUT2D eigenvalue weighted by atomic mass is 10.1. The molecule has 0 fully saturated rings. The summed E-state index contributed by atoms with van der Waals surface area (Å²) in [6.07, 6.45) is 1.02. The van der Waals surface area contributed by atoms with Crippen molar-refractivity contribution in [2.75, 3.05) is 6.54 Å². The van der Waals surface area contributed by atoms with Crippen LogP contribution in [0.2, 0.25) is 0 Å². The molecule has 0 atom stereocenters. The van der Waals surface area contributed by atoms with E-state index >= 15 is 0 Å². The van der Waals surface area contributed by atoms with E-state index in [4.69, 9.17) is 18.0 Å². The largest absolute Gasteiger partial charge is 0.393 e. The number of nitrogens with one attached hydrogen (secondary N) is 1. The van der Waals surface area contributed by atoms with Crippen molar-refractivity contribution in [1.82, 2.24) is 4.72 Å². The maximum atomic E-state index is 13.1. The molecule has 1 aromatic carbocycles. The van der Waals surface area contributed by atoms with Crippen molar-refractivity contribution in [3.63, 3.8) is 0 Å². The fourth-order valence-electron chi connectivity index (χ4n) is 1.86. The van der Waals surface area contributed by atoms with Gasteiger partial charge in [-0.25, -0.2) is 17.5 Å². The van der Waals surface area contributed by atoms with Crippen molar-refractivity contribution in [1.29, 1.82) is 0 Å². The second kappa shape index (κ2) is 6.40. The minimum absolute atomic E-state index is 0.129. The Morgan fingerprint density at radius 3 is 2.37 bits per heavy atom. The van der Waals surface area contributed by atoms with Gasteiger partial charge in [-0.2, -0.15) is 0 Å². The van der Waals surface area contributed by atoms with Crippen LogP contribution in [0.1, 0.15) is 24.0 Å². The van der Waals surface area contributed by atoms with Gasteiger partial charge in [0, 0.05) is 6.54 Å². The summed E-state index contributed by atoms with van der Waals surface area (Å²) in [5.41, 5.74) is 6.11. The van der Waals surface area contributed by atoms with E-state index < -0.39 is 15.8 Å². The third-order valence-electron chi connectivity index (χ3n) is 2.59. The molecule has 1 rings (SSSR count). The molecule has 0 aliphatic rings. The van der Waals surface area contributed by atoms with E-state index in [1.54, 1.807) is 13.8 Å². The molecule has 0 saturated heterocycles. The zero-order valence-corrected chi connectivity index (χ0v) is 12.5. The van der Waals surface area contributed by atoms with E-state index in [2.05, 4.69) is 4.72 Å². The number of thiocarbonyl (C=S) groups is 1. The number of benzene rings is 1. The molecule has 0 radical (unpaired) electrons. The Kier molecular flexibility index (Phi) is 5.39. The Morgan fingerprint density at radius 1 is 1.37 bits per heavy atom. The van der Waals surface area contributed by atoms with Crippen LogP contribution < -0.4 is 10.5 Å². The smallest absolute Gasteiger partial charge is 0.241 e. The van der Waals surface area contributed by atoms with E-state index in [0.29, 0.717) is 29.0 Å². The van der Waals surface area contributed by atoms with E-state index in [-0.39, 0.29) is 11.4 Å². The normalized spacial score (nSPS) is 11.5. The summed E-state index contributed by atoms with van der Waals surface area (Å²) in [5.74, 6) is -0.442. The molecule has 19 heavy (non-hydrogen) atoms. The molecule has 0 unspecified atom stereocenters. The fraction of sp³-hybridized carbons (Fsp3) is 0.417. The SMILES string of the molecule is Cc1cc(F)cc(C)c1S(=O)(=O)NCCCC(N)=S. The highest BCUT2D eigenvalue weighted by Gasteiger charge is 2.19. The number of sulfonamides is 1. The van der Waals surface area contributed by atoms with Gasteiger partial charge in [0.2, 0.25) is 10.0 Å². The molecule has 0 aliphatic heterocycles. The van der Waals surface area contributed by atoms with Crippen LogP contribution in [0.15, 0.2) is 17.0 Å². The minimum atomic E-state index is -3.64. The Bertz CT molecular complexity index is 562. The van der Waals surface area contributed by atoms with Crippen molar-refractivity contribution in [2.45, 2.75) is 31.6 Å². The first-order valence-corrected chi connectivity index (χ1v) is 7.68. The van der Waals surface area contributed by atoms with Crippen LogP contribution in [0.4, 0.5) is 4.39 Å². The van der Waals surface area contributed by atoms with E-state index in [0.717, 1.165) is 0 Å². The van der Waals surface area contributed by atoms with Gasteiger partial charge in [-0.1, -0.05) is 12.2 Å². The van der Waals surface area contributed by atoms with Crippen LogP contribution in [0.25, 0.3) is 0 Å². The van der Waals surface area contributed by atoms with Crippen LogP contribution in [0, 0.1) is 19.7 Å². The lowest BCUT2D eigenvalue weighted by Crippen LogP contribution is -2.27. The molecule has 0 heterocycles. The van der Waals surface area contributed by atoms with Gasteiger partial charge in [0.15, 0.2) is 0 Å². The molecular formula is C12H17FN2O2S2. The van der Waals surface area contributed by atoms with Crippen molar-refractivity contribution >= 4 is 27.2 Å². The molecule has 106 valence electrons. The Labute approximate surface area is 118 Å². The number of aryl methyl sites for hydroxylation is 2. The summed E-state index contributed by atoms with van der Waals surface area (Å²) in [7, 11) is -3.64. The third kappa shape index (κ3) is 4.52. The average molecular weight is 304 g/mol. The summed E-state index contributed by atoms with van der Waals surface area (Å²) in [4.78, 5) is 0.484. The number of hydrogen-bond acceptors (Lipinski definition) is 3. The molecule has 0 spiro atoms. The van der Waals surface area contributed by atoms with Gasteiger partial charge >= 0.3 is 0 Å². The quantitative estimate of drug-likeness (QED) is 0.621. The molecular weight excluding hydrogens is 287 g/mol. The molecule has 0 aliphatic carbocycles. The van der Waals surface area contributed by atoms with E-state index in [1.807, 2.05) is 0 Å². The molecule has 4 nitrogen and oxygen atoms in total. The minimum Gasteiger partial charge on any atom is -0.393 e. The van der Waals surface area contributed by atoms with E-state index in [9.17, 15) is 12.8 Å². The molecule has 0 saturated carbocycles. The zero-order valence-electron chi connectivity index (χ0n) is 10.9. The molecule has 0 bridgehead atoms. The monoisotopic (exact) mass is 304 g/mol. The maximum absolute atomic E-state index is 13.1. The first-order valence-electron chi connectivity index (χ1n) is 5.79. The highest BCUT2D eigenvalue weighted by atomic mass is 32.2. The standard InChI is InChI=1S/C12H17FN2O2S2/c1-8-6-10(13)7-9(2)12(8)19(16,17)15-5-3-4-11(14)18/h6-7,15H,3-5H2,1-2H3,(H2,14,18). The van der Waals surface area contributed by atoms with Gasteiger partial charge in [-0.05, 0) is 49.9 Å². The third-order valence-corrected chi connectivity index (χ3v) is 4.56. The number of nitrogens with two attached hydrogens (primary N) is 1. The molecule has 0 aromatic heterocycles. The van der Waals surface area contributed by atoms with E-state index in [1.165, 1.54) is 12.1 Å². The highest BCUT2D eigenvalue weighted by molar-refractivity contribution is 7.89. The predicted octanol–water partition coefficient (Wildman–Crippen LogP) is 1.79. The summed E-state index contributed by atoms with van der Waals surface area (Å²) >= 11 is 4.71. The van der Waals surface area contributed by atoms with Gasteiger partial charge in [0.25, 0.3) is 0 Å². The van der Waals surface area contributed by atoms with Crippen molar-refractivity contribution < 1.29 is 12.8 Å². The molecule has 7 heteroatoms. The lowest BCUT2D eigenvalue weighted by molar-refractivity contribution is 0.577. The first-order chi connectivity index (χ1) is 8.74. The summed E-state index contributed by atoms with van der Waals surface area (Å²) in [6, 6.07) is 2.41. The topological polar surface area (TPSA) is 72.2 Å². The summed E-state index contributed by atoms with van der Waals surface area (Å²) in [6.45, 7) is 3.38. The summed E-state index contributed by atoms with van der Waals surface area (Å²) < 4.78 is 39.9. The predicted molar refractivity (Wildman–Crippen MR) is 77.1 cm³/mol. The van der Waals surface area contributed by atoms with Gasteiger partial charge in [0.05, 0.1) is 9.88 Å². The van der Waals surface area contributed by atoms with Crippen LogP contribution in [-0.4, -0.2) is 20.0 Å². The van der Waals surface area contributed by atoms with Crippen molar-refractivity contribution in [2.24, 2.45) is 5.73 Å². The second-order valence-corrected chi connectivity index (χ2v) is 6.56. The average Bonchev–Trinajstić information content (AvgIpc) is 2.22. The zero-order chi connectivity index (χ0) is 14.6. The van der Waals surface area contributed by atoms with Crippen molar-refractivity contribution in [3.8, 4) is 0 Å². The van der Waals surface area contributed by atoms with Crippen LogP contribution in [0.5, 0.6) is 0 Å². The fourth-order valence-corrected chi connectivity index (χ4v) is 3.53. The number of halogens is 1. The highest BCUT2D eigenvalue weighted by Crippen LogP contribution is 2.21. The van der Waals surface area contributed by atoms with Gasteiger partial charge in [0.1, 0.15) is 5.82 Å². The van der Waals surface area contributed by atoms with Crippen LogP contribution in [-0.2, 0) is 10.0 Å². The Hall–Kier alpha value is -1.05. The maximum Gasteiger partial charge on any atom is 0.241 e. The van der Waals surface area contributed by atoms with Gasteiger partial charge in [-0.15, -0.1) is 0 Å². The first kappa shape index (κ1) is 16.0. The van der Waals surface area contributed by atoms with Crippen LogP contribution in [0.3, 0.4) is 0 Å². The molecule has 1 aromatic rings. The number of hydrogen-bond donors (Lipinski definition) is 2. The second-order valence-electron chi connectivity index (χ2n) is 4.34. The van der Waals surface area contributed by atoms with Crippen LogP contribution >= 0.6 is 12.2 Å². The van der Waals surface area contributed by atoms with Crippen molar-refractivity contribution in [3.05, 3.63) is 29.1 Å². The molecule has 0 amide bonds. The Morgan fingerprint density at radius 2 is 1.89 bits per heavy atom. The number of rotatable bonds is 6. The van der Waals surface area contributed by atoms with Gasteiger partial charge < -0.3 is 5.73 Å². The molecule has 3 N–H and O–H groups in total.